The molecule has 7 heteroatoms. The van der Waals surface area contributed by atoms with E-state index in [1.54, 1.807) is 0 Å². The van der Waals surface area contributed by atoms with Crippen molar-refractivity contribution in [3.63, 3.8) is 0 Å². The highest BCUT2D eigenvalue weighted by Gasteiger charge is 2.18. The Balaban J connectivity index is 1.63. The molecule has 170 valence electrons. The van der Waals surface area contributed by atoms with Gasteiger partial charge in [0.2, 0.25) is 0 Å². The predicted molar refractivity (Wildman–Crippen MR) is 137 cm³/mol. The number of aromatic nitrogens is 1. The summed E-state index contributed by atoms with van der Waals surface area (Å²) in [5.74, 6) is 1.09. The van der Waals surface area contributed by atoms with Crippen molar-refractivity contribution in [3.05, 3.63) is 29.8 Å². The van der Waals surface area contributed by atoms with E-state index in [0.29, 0.717) is 0 Å². The van der Waals surface area contributed by atoms with Crippen LogP contribution in [0.3, 0.4) is 0 Å². The number of unbranched alkanes of at least 4 members (excludes halogenated alkanes) is 1. The fourth-order valence-electron chi connectivity index (χ4n) is 4.01. The smallest absolute Gasteiger partial charge is 0.173 e. The molecule has 6 nitrogen and oxygen atoms in total. The number of hydrogen-bond acceptors (Lipinski definition) is 5. The first-order valence-electron chi connectivity index (χ1n) is 11.4. The predicted octanol–water partition coefficient (Wildman–Crippen LogP) is 3.66. The monoisotopic (exact) mass is 442 g/mol. The van der Waals surface area contributed by atoms with Crippen LogP contribution in [-0.4, -0.2) is 91.8 Å². The van der Waals surface area contributed by atoms with Gasteiger partial charge in [0.1, 0.15) is 5.82 Å². The van der Waals surface area contributed by atoms with Gasteiger partial charge in [-0.1, -0.05) is 6.92 Å². The van der Waals surface area contributed by atoms with Gasteiger partial charge in [-0.2, -0.15) is 0 Å². The van der Waals surface area contributed by atoms with Gasteiger partial charge in [0, 0.05) is 50.8 Å². The lowest BCUT2D eigenvalue weighted by atomic mass is 10.1. The second-order valence-corrected chi connectivity index (χ2v) is 9.20. The van der Waals surface area contributed by atoms with Gasteiger partial charge in [-0.3, -0.25) is 0 Å². The van der Waals surface area contributed by atoms with Crippen LogP contribution >= 0.6 is 12.2 Å². The number of likely N-dealkylation sites (N-methyl/N-ethyl adjacent to an activating group) is 1. The number of hydrogen-bond donors (Lipinski definition) is 1. The molecule has 0 aliphatic carbocycles. The van der Waals surface area contributed by atoms with Crippen LogP contribution in [0.5, 0.6) is 0 Å². The third-order valence-electron chi connectivity index (χ3n) is 6.09. The third-order valence-corrected chi connectivity index (χ3v) is 6.51. The summed E-state index contributed by atoms with van der Waals surface area (Å²) in [4.78, 5) is 14.2. The molecule has 0 amide bonds. The summed E-state index contributed by atoms with van der Waals surface area (Å²) in [6, 6.07) is 8.58. The number of thiocarbonyl (C=S) groups is 1. The van der Waals surface area contributed by atoms with Gasteiger partial charge in [0.15, 0.2) is 5.11 Å². The van der Waals surface area contributed by atoms with E-state index in [1.807, 2.05) is 0 Å². The number of rotatable bonds is 8. The highest BCUT2D eigenvalue weighted by molar-refractivity contribution is 7.80. The number of aryl methyl sites for hydroxylation is 1. The Bertz CT molecular complexity index is 876. The van der Waals surface area contributed by atoms with Gasteiger partial charge >= 0.3 is 0 Å². The summed E-state index contributed by atoms with van der Waals surface area (Å²) in [7, 11) is 6.28. The number of nitrogens with zero attached hydrogens (tertiary/aromatic N) is 5. The molecule has 1 N–H and O–H groups in total. The van der Waals surface area contributed by atoms with E-state index >= 15 is 0 Å². The zero-order valence-corrected chi connectivity index (χ0v) is 20.6. The summed E-state index contributed by atoms with van der Waals surface area (Å²) in [5.41, 5.74) is 3.32. The number of benzene rings is 1. The van der Waals surface area contributed by atoms with E-state index in [2.05, 4.69) is 84.2 Å². The molecule has 1 aliphatic rings. The molecule has 0 radical (unpaired) electrons. The molecule has 0 bridgehead atoms. The summed E-state index contributed by atoms with van der Waals surface area (Å²) in [5, 5.41) is 5.35. The molecule has 1 aromatic carbocycles. The fourth-order valence-corrected chi connectivity index (χ4v) is 4.22. The van der Waals surface area contributed by atoms with Crippen molar-refractivity contribution in [2.45, 2.75) is 26.7 Å². The molecule has 1 aromatic heterocycles. The topological polar surface area (TPSA) is 37.9 Å². The quantitative estimate of drug-likeness (QED) is 0.494. The van der Waals surface area contributed by atoms with Gasteiger partial charge in [-0.05, 0) is 89.0 Å². The molecule has 31 heavy (non-hydrogen) atoms. The van der Waals surface area contributed by atoms with Crippen LogP contribution in [-0.2, 0) is 0 Å². The van der Waals surface area contributed by atoms with E-state index < -0.39 is 0 Å². The molecule has 2 aromatic rings. The maximum atomic E-state index is 5.62. The number of nitrogens with one attached hydrogen (secondary N) is 1. The molecule has 0 saturated carbocycles. The van der Waals surface area contributed by atoms with E-state index in [1.165, 1.54) is 17.4 Å². The fraction of sp³-hybridized carbons (Fsp3) is 0.583. The van der Waals surface area contributed by atoms with Crippen molar-refractivity contribution in [3.8, 4) is 0 Å². The second-order valence-electron chi connectivity index (χ2n) is 8.81. The molecule has 0 atom stereocenters. The summed E-state index contributed by atoms with van der Waals surface area (Å²) < 4.78 is 0. The lowest BCUT2D eigenvalue weighted by Crippen LogP contribution is -2.46. The molecule has 1 saturated heterocycles. The maximum absolute atomic E-state index is 5.62. The van der Waals surface area contributed by atoms with Crippen LogP contribution in [0.1, 0.15) is 25.3 Å². The number of fused-ring (bicyclic) bond motifs is 1. The molecule has 0 unspecified atom stereocenters. The first kappa shape index (κ1) is 23.7. The molecular weight excluding hydrogens is 404 g/mol. The number of anilines is 2. The van der Waals surface area contributed by atoms with Gasteiger partial charge in [-0.15, -0.1) is 0 Å². The van der Waals surface area contributed by atoms with Gasteiger partial charge in [0.25, 0.3) is 0 Å². The first-order chi connectivity index (χ1) is 14.9. The summed E-state index contributed by atoms with van der Waals surface area (Å²) in [6.45, 7) is 11.9. The normalized spacial score (nSPS) is 15.0. The first-order valence-corrected chi connectivity index (χ1v) is 11.8. The minimum absolute atomic E-state index is 0.764. The van der Waals surface area contributed by atoms with Crippen LogP contribution in [0.15, 0.2) is 24.3 Å². The van der Waals surface area contributed by atoms with Crippen LogP contribution < -0.4 is 10.2 Å². The average molecular weight is 443 g/mol. The van der Waals surface area contributed by atoms with Gasteiger partial charge in [-0.25, -0.2) is 4.98 Å². The Hall–Kier alpha value is -1.96. The number of piperazine rings is 1. The molecule has 1 aliphatic heterocycles. The third kappa shape index (κ3) is 6.51. The Labute approximate surface area is 193 Å². The second kappa shape index (κ2) is 11.1. The van der Waals surface area contributed by atoms with E-state index in [-0.39, 0.29) is 0 Å². The van der Waals surface area contributed by atoms with Gasteiger partial charge < -0.3 is 24.9 Å². The Morgan fingerprint density at radius 3 is 2.45 bits per heavy atom. The van der Waals surface area contributed by atoms with Crippen LogP contribution in [0.4, 0.5) is 11.5 Å². The minimum atomic E-state index is 0.764. The largest absolute Gasteiger partial charge is 0.354 e. The summed E-state index contributed by atoms with van der Waals surface area (Å²) in [6.07, 6.45) is 2.31. The number of pyridine rings is 1. The Kier molecular flexibility index (Phi) is 8.46. The lowest BCUT2D eigenvalue weighted by molar-refractivity contribution is 0.270. The SMILES string of the molecule is CCN1CCN(c2cc(C)c3cc(NC(=S)N(C)CCCCN(C)C)ccc3n2)CC1. The molecule has 0 spiro atoms. The van der Waals surface area contributed by atoms with Crippen molar-refractivity contribution >= 4 is 39.7 Å². The molecule has 2 heterocycles. The maximum Gasteiger partial charge on any atom is 0.173 e. The van der Waals surface area contributed by atoms with Crippen LogP contribution in [0.2, 0.25) is 0 Å². The molecular formula is C24H38N6S. The Morgan fingerprint density at radius 2 is 1.77 bits per heavy atom. The highest BCUT2D eigenvalue weighted by atomic mass is 32.1. The standard InChI is InChI=1S/C24H38N6S/c1-6-29-13-15-30(16-14-29)23-17-19(2)21-18-20(9-10-22(21)26-23)25-24(31)28(5)12-8-7-11-27(3)4/h9-10,17-18H,6-8,11-16H2,1-5H3,(H,25,31). The van der Waals surface area contributed by atoms with Gasteiger partial charge in [0.05, 0.1) is 5.52 Å². The Morgan fingerprint density at radius 1 is 1.06 bits per heavy atom. The van der Waals surface area contributed by atoms with Crippen molar-refractivity contribution < 1.29 is 0 Å². The van der Waals surface area contributed by atoms with E-state index in [0.717, 1.165) is 74.4 Å². The molecule has 1 fully saturated rings. The van der Waals surface area contributed by atoms with Crippen molar-refractivity contribution in [2.75, 3.05) is 77.2 Å². The van der Waals surface area contributed by atoms with E-state index in [4.69, 9.17) is 17.2 Å². The van der Waals surface area contributed by atoms with Crippen LogP contribution in [0.25, 0.3) is 10.9 Å². The zero-order valence-electron chi connectivity index (χ0n) is 19.8. The summed E-state index contributed by atoms with van der Waals surface area (Å²) >= 11 is 5.62. The average Bonchev–Trinajstić information content (AvgIpc) is 2.76. The molecule has 3 rings (SSSR count). The van der Waals surface area contributed by atoms with Crippen molar-refractivity contribution in [2.24, 2.45) is 0 Å². The highest BCUT2D eigenvalue weighted by Crippen LogP contribution is 2.26. The van der Waals surface area contributed by atoms with Crippen molar-refractivity contribution in [1.29, 1.82) is 0 Å². The zero-order chi connectivity index (χ0) is 22.4. The lowest BCUT2D eigenvalue weighted by Gasteiger charge is -2.35. The van der Waals surface area contributed by atoms with Crippen molar-refractivity contribution in [1.82, 2.24) is 19.7 Å². The van der Waals surface area contributed by atoms with Crippen LogP contribution in [0, 0.1) is 6.92 Å². The van der Waals surface area contributed by atoms with E-state index in [9.17, 15) is 0 Å². The minimum Gasteiger partial charge on any atom is -0.354 e.